The number of unbranched alkanes of at least 4 members (excludes halogenated alkanes) is 41. The zero-order valence-corrected chi connectivity index (χ0v) is 60.9. The summed E-state index contributed by atoms with van der Waals surface area (Å²) in [5.74, 6) is -0.602. The van der Waals surface area contributed by atoms with Gasteiger partial charge in [-0.2, -0.15) is 0 Å². The van der Waals surface area contributed by atoms with Gasteiger partial charge in [-0.1, -0.05) is 318 Å². The predicted octanol–water partition coefficient (Wildman–Crippen LogP) is 20.8. The quantitative estimate of drug-likeness (QED) is 0.0222. The van der Waals surface area contributed by atoms with Crippen molar-refractivity contribution in [3.05, 3.63) is 0 Å². The van der Waals surface area contributed by atoms with Gasteiger partial charge in [0, 0.05) is 25.7 Å². The lowest BCUT2D eigenvalue weighted by Gasteiger charge is -2.21. The number of esters is 4. The van der Waals surface area contributed by atoms with E-state index in [-0.39, 0.29) is 25.7 Å². The second-order valence-electron chi connectivity index (χ2n) is 26.9. The Labute approximate surface area is 556 Å². The fraction of sp³-hybridized carbons (Fsp3) is 0.944. The van der Waals surface area contributed by atoms with Gasteiger partial charge in [-0.3, -0.25) is 37.3 Å². The predicted molar refractivity (Wildman–Crippen MR) is 368 cm³/mol. The first-order valence-electron chi connectivity index (χ1n) is 37.5. The van der Waals surface area contributed by atoms with Crippen LogP contribution in [0.25, 0.3) is 0 Å². The van der Waals surface area contributed by atoms with Crippen LogP contribution in [0, 0.1) is 11.8 Å². The van der Waals surface area contributed by atoms with Crippen molar-refractivity contribution in [1.82, 2.24) is 0 Å². The van der Waals surface area contributed by atoms with Crippen molar-refractivity contribution in [2.75, 3.05) is 39.6 Å². The second kappa shape index (κ2) is 64.1. The summed E-state index contributed by atoms with van der Waals surface area (Å²) in [4.78, 5) is 72.6. The van der Waals surface area contributed by atoms with Gasteiger partial charge in [0.15, 0.2) is 12.2 Å². The Hall–Kier alpha value is -1.94. The summed E-state index contributed by atoms with van der Waals surface area (Å²) in [6, 6.07) is 0. The van der Waals surface area contributed by atoms with Gasteiger partial charge in [-0.05, 0) is 37.5 Å². The lowest BCUT2D eigenvalue weighted by atomic mass is 10.0. The zero-order valence-electron chi connectivity index (χ0n) is 59.1. The molecule has 0 saturated heterocycles. The number of phosphoric acid groups is 2. The van der Waals surface area contributed by atoms with Crippen LogP contribution in [0.2, 0.25) is 0 Å². The highest BCUT2D eigenvalue weighted by atomic mass is 31.2. The summed E-state index contributed by atoms with van der Waals surface area (Å²) >= 11 is 0. The van der Waals surface area contributed by atoms with E-state index in [1.165, 1.54) is 186 Å². The SMILES string of the molecule is CCCCCCCCCCCCCCCCC(=O)OC[C@H](COP(=O)(O)OC[C@@H](O)COP(=O)(O)OC[C@@H](COC(=O)CCCCCCCCCCCC)OC(=O)CCCCCCCCCCCCC(C)C)OC(=O)CCCCCCCCCCCCCC(C)C. The smallest absolute Gasteiger partial charge is 0.462 e. The van der Waals surface area contributed by atoms with E-state index in [9.17, 15) is 43.2 Å². The Balaban J connectivity index is 5.25. The molecule has 0 rings (SSSR count). The van der Waals surface area contributed by atoms with Crippen LogP contribution in [0.5, 0.6) is 0 Å². The minimum Gasteiger partial charge on any atom is -0.462 e. The first-order valence-corrected chi connectivity index (χ1v) is 40.5. The molecule has 0 aliphatic carbocycles. The van der Waals surface area contributed by atoms with Gasteiger partial charge in [0.1, 0.15) is 19.3 Å². The van der Waals surface area contributed by atoms with E-state index in [2.05, 4.69) is 41.5 Å². The number of aliphatic hydroxyl groups excluding tert-OH is 1. The van der Waals surface area contributed by atoms with Crippen molar-refractivity contribution in [2.24, 2.45) is 11.8 Å². The number of phosphoric ester groups is 2. The minimum absolute atomic E-state index is 0.106. The molecule has 19 heteroatoms. The van der Waals surface area contributed by atoms with Gasteiger partial charge in [0.05, 0.1) is 26.4 Å². The van der Waals surface area contributed by atoms with E-state index in [0.717, 1.165) is 102 Å². The molecule has 0 aromatic carbocycles. The maximum atomic E-state index is 13.0. The third-order valence-electron chi connectivity index (χ3n) is 16.7. The van der Waals surface area contributed by atoms with Crippen LogP contribution in [0.15, 0.2) is 0 Å². The standard InChI is InChI=1S/C72H140O17P2/c1-7-9-11-13-15-17-19-20-21-24-31-37-43-49-55-70(75)83-61-68(88-71(76)56-50-44-38-32-25-22-23-28-34-40-46-52-64(3)4)63-87-91(80,81)85-59-66(73)58-84-90(78,79)86-62-67(60-82-69(74)54-48-42-36-30-18-16-14-12-10-8-2)89-72(77)57-51-45-39-33-27-26-29-35-41-47-53-65(5)6/h64-68,73H,7-63H2,1-6H3,(H,78,79)(H,80,81)/t66-,67+,68+/m0/s1. The highest BCUT2D eigenvalue weighted by Crippen LogP contribution is 2.45. The highest BCUT2D eigenvalue weighted by Gasteiger charge is 2.30. The third kappa shape index (κ3) is 66.5. The molecule has 0 saturated carbocycles. The van der Waals surface area contributed by atoms with Crippen molar-refractivity contribution >= 4 is 39.5 Å². The summed E-state index contributed by atoms with van der Waals surface area (Å²) in [6.07, 6.45) is 49.8. The van der Waals surface area contributed by atoms with Crippen LogP contribution in [0.3, 0.4) is 0 Å². The molecule has 17 nitrogen and oxygen atoms in total. The average Bonchev–Trinajstić information content (AvgIpc) is 3.54. The van der Waals surface area contributed by atoms with Crippen LogP contribution in [-0.2, 0) is 65.4 Å². The molecule has 2 unspecified atom stereocenters. The van der Waals surface area contributed by atoms with E-state index in [4.69, 9.17) is 37.0 Å². The molecule has 0 amide bonds. The van der Waals surface area contributed by atoms with Crippen LogP contribution in [-0.4, -0.2) is 96.7 Å². The van der Waals surface area contributed by atoms with E-state index in [0.29, 0.717) is 25.7 Å². The molecule has 91 heavy (non-hydrogen) atoms. The lowest BCUT2D eigenvalue weighted by molar-refractivity contribution is -0.161. The molecule has 0 spiro atoms. The van der Waals surface area contributed by atoms with E-state index in [1.54, 1.807) is 0 Å². The molecule has 540 valence electrons. The van der Waals surface area contributed by atoms with Gasteiger partial charge in [0.25, 0.3) is 0 Å². The van der Waals surface area contributed by atoms with Gasteiger partial charge >= 0.3 is 39.5 Å². The van der Waals surface area contributed by atoms with Crippen molar-refractivity contribution in [3.63, 3.8) is 0 Å². The van der Waals surface area contributed by atoms with E-state index >= 15 is 0 Å². The van der Waals surface area contributed by atoms with Gasteiger partial charge in [-0.15, -0.1) is 0 Å². The fourth-order valence-electron chi connectivity index (χ4n) is 10.9. The first-order chi connectivity index (χ1) is 43.9. The van der Waals surface area contributed by atoms with Crippen LogP contribution >= 0.6 is 15.6 Å². The number of carbonyl (C=O) groups excluding carboxylic acids is 4. The topological polar surface area (TPSA) is 237 Å². The van der Waals surface area contributed by atoms with Crippen molar-refractivity contribution in [1.29, 1.82) is 0 Å². The normalized spacial score (nSPS) is 14.1. The average molecular weight is 1340 g/mol. The summed E-state index contributed by atoms with van der Waals surface area (Å²) in [6.45, 7) is 9.55. The number of rotatable bonds is 71. The van der Waals surface area contributed by atoms with Gasteiger partial charge in [0.2, 0.25) is 0 Å². The van der Waals surface area contributed by atoms with Crippen LogP contribution < -0.4 is 0 Å². The Morgan fingerprint density at radius 3 is 0.747 bits per heavy atom. The number of ether oxygens (including phenoxy) is 4. The summed E-state index contributed by atoms with van der Waals surface area (Å²) in [5.41, 5.74) is 0. The molecular weight excluding hydrogens is 1200 g/mol. The molecule has 0 aromatic rings. The van der Waals surface area contributed by atoms with Crippen molar-refractivity contribution in [2.45, 2.75) is 387 Å². The maximum absolute atomic E-state index is 13.0. The van der Waals surface area contributed by atoms with Crippen LogP contribution in [0.4, 0.5) is 0 Å². The molecule has 0 bridgehead atoms. The molecule has 0 heterocycles. The fourth-order valence-corrected chi connectivity index (χ4v) is 12.5. The molecule has 0 radical (unpaired) electrons. The number of hydrogen-bond acceptors (Lipinski definition) is 15. The van der Waals surface area contributed by atoms with E-state index < -0.39 is 97.5 Å². The Kier molecular flexibility index (Phi) is 62.7. The first kappa shape index (κ1) is 89.1. The lowest BCUT2D eigenvalue weighted by Crippen LogP contribution is -2.30. The Morgan fingerprint density at radius 2 is 0.505 bits per heavy atom. The van der Waals surface area contributed by atoms with Crippen LogP contribution in [0.1, 0.15) is 369 Å². The molecule has 3 N–H and O–H groups in total. The summed E-state index contributed by atoms with van der Waals surface area (Å²) < 4.78 is 68.4. The molecule has 0 aliphatic heterocycles. The zero-order chi connectivity index (χ0) is 67.2. The molecular formula is C72H140O17P2. The maximum Gasteiger partial charge on any atom is 0.472 e. The molecule has 0 fully saturated rings. The second-order valence-corrected chi connectivity index (χ2v) is 29.8. The minimum atomic E-state index is -4.95. The highest BCUT2D eigenvalue weighted by molar-refractivity contribution is 7.47. The van der Waals surface area contributed by atoms with Gasteiger partial charge in [-0.25, -0.2) is 9.13 Å². The third-order valence-corrected chi connectivity index (χ3v) is 18.6. The summed E-state index contributed by atoms with van der Waals surface area (Å²) in [5, 5.41) is 10.6. The monoisotopic (exact) mass is 1340 g/mol. The van der Waals surface area contributed by atoms with Crippen molar-refractivity contribution in [3.8, 4) is 0 Å². The Bertz CT molecular complexity index is 1770. The van der Waals surface area contributed by atoms with Crippen molar-refractivity contribution < 1.29 is 80.2 Å². The molecule has 0 aliphatic rings. The molecule has 5 atom stereocenters. The Morgan fingerprint density at radius 1 is 0.297 bits per heavy atom. The number of aliphatic hydroxyl groups is 1. The largest absolute Gasteiger partial charge is 0.472 e. The summed E-state index contributed by atoms with van der Waals surface area (Å²) in [7, 11) is -9.90. The van der Waals surface area contributed by atoms with E-state index in [1.807, 2.05) is 0 Å². The number of hydrogen-bond donors (Lipinski definition) is 3. The van der Waals surface area contributed by atoms with Gasteiger partial charge < -0.3 is 33.8 Å². The molecule has 0 aromatic heterocycles. The number of carbonyl (C=O) groups is 4.